The number of hydrogen-bond acceptors (Lipinski definition) is 9. The molecule has 0 heterocycles. The Balaban J connectivity index is 4.40. The van der Waals surface area contributed by atoms with Crippen LogP contribution in [-0.2, 0) is 32.7 Å². The van der Waals surface area contributed by atoms with Crippen molar-refractivity contribution >= 4 is 19.8 Å². The molecule has 52 heavy (non-hydrogen) atoms. The molecule has 0 rings (SSSR count). The quantitative estimate of drug-likeness (QED) is 0.0191. The summed E-state index contributed by atoms with van der Waals surface area (Å²) >= 11 is 0. The van der Waals surface area contributed by atoms with E-state index in [0.29, 0.717) is 19.3 Å². The molecule has 0 aromatic rings. The Morgan fingerprint density at radius 1 is 0.692 bits per heavy atom. The zero-order valence-corrected chi connectivity index (χ0v) is 32.8. The van der Waals surface area contributed by atoms with Crippen molar-refractivity contribution in [2.75, 3.05) is 26.4 Å². The van der Waals surface area contributed by atoms with Gasteiger partial charge < -0.3 is 25.2 Å². The highest BCUT2D eigenvalue weighted by molar-refractivity contribution is 7.47. The number of aliphatic hydroxyl groups excluding tert-OH is 1. The SMILES string of the molecule is CC/C=C\CC(O)/C=C/C=C/C/C=C\C/C=C\C/C=C\CCC(=O)OC[C@H](COP(=O)(O)OCCN)OC(=O)CCCCCCC/C=C\CCCC. The van der Waals surface area contributed by atoms with E-state index in [9.17, 15) is 24.2 Å². The molecule has 3 atom stereocenters. The second kappa shape index (κ2) is 36.5. The van der Waals surface area contributed by atoms with Crippen molar-refractivity contribution in [3.8, 4) is 0 Å². The number of hydrogen-bond donors (Lipinski definition) is 3. The first kappa shape index (κ1) is 49.1. The molecular formula is C41H68NO9P. The Morgan fingerprint density at radius 2 is 1.33 bits per heavy atom. The third kappa shape index (κ3) is 35.5. The van der Waals surface area contributed by atoms with Gasteiger partial charge in [-0.2, -0.15) is 0 Å². The van der Waals surface area contributed by atoms with Gasteiger partial charge in [-0.1, -0.05) is 131 Å². The average molecular weight is 750 g/mol. The number of ether oxygens (including phenoxy) is 2. The zero-order chi connectivity index (χ0) is 38.4. The maximum absolute atomic E-state index is 12.5. The minimum Gasteiger partial charge on any atom is -0.462 e. The molecule has 0 bridgehead atoms. The van der Waals surface area contributed by atoms with Gasteiger partial charge in [0.15, 0.2) is 6.10 Å². The number of allylic oxidation sites excluding steroid dienone is 12. The highest BCUT2D eigenvalue weighted by atomic mass is 31.2. The van der Waals surface area contributed by atoms with Gasteiger partial charge in [0.2, 0.25) is 0 Å². The standard InChI is InChI=1S/C41H68NO9P/c1-3-5-7-8-9-10-14-19-22-25-29-33-41(45)51-39(37-50-52(46,47)49-35-34-42)36-48-40(44)32-28-24-21-18-16-13-11-12-15-17-20-23-27-31-38(43)30-26-6-4-2/h6,8-9,12-13,15-16,20-21,23-24,26-27,31,38-39,43H,3-5,7,10-11,14,17-19,22,25,28-30,32-37,42H2,1-2H3,(H,46,47)/b9-8-,15-12-,16-13-,23-20+,24-21-,26-6-,31-27+/t38?,39-/m1/s1. The summed E-state index contributed by atoms with van der Waals surface area (Å²) in [5, 5.41) is 9.81. The van der Waals surface area contributed by atoms with Crippen LogP contribution >= 0.6 is 7.82 Å². The number of rotatable bonds is 34. The molecule has 0 aromatic heterocycles. The molecule has 0 saturated heterocycles. The fourth-order valence-corrected chi connectivity index (χ4v) is 5.25. The van der Waals surface area contributed by atoms with Gasteiger partial charge in [-0.15, -0.1) is 0 Å². The molecule has 10 nitrogen and oxygen atoms in total. The van der Waals surface area contributed by atoms with Crippen LogP contribution in [0.4, 0.5) is 0 Å². The van der Waals surface area contributed by atoms with Crippen LogP contribution in [0.2, 0.25) is 0 Å². The third-order valence-corrected chi connectivity index (χ3v) is 8.34. The number of unbranched alkanes of at least 4 members (excludes halogenated alkanes) is 7. The second-order valence-corrected chi connectivity index (χ2v) is 13.7. The van der Waals surface area contributed by atoms with Gasteiger partial charge in [-0.25, -0.2) is 4.57 Å². The molecule has 4 N–H and O–H groups in total. The fraction of sp³-hybridized carbons (Fsp3) is 0.610. The molecule has 0 aliphatic heterocycles. The molecule has 2 unspecified atom stereocenters. The van der Waals surface area contributed by atoms with E-state index in [2.05, 4.69) is 50.3 Å². The maximum atomic E-state index is 12.5. The average Bonchev–Trinajstić information content (AvgIpc) is 3.12. The van der Waals surface area contributed by atoms with Crippen LogP contribution in [0.1, 0.15) is 123 Å². The number of carbonyl (C=O) groups is 2. The molecule has 0 fully saturated rings. The Kier molecular flexibility index (Phi) is 34.5. The number of esters is 2. The van der Waals surface area contributed by atoms with Crippen LogP contribution in [0, 0.1) is 0 Å². The highest BCUT2D eigenvalue weighted by Gasteiger charge is 2.25. The van der Waals surface area contributed by atoms with Crippen LogP contribution in [0.15, 0.2) is 85.1 Å². The van der Waals surface area contributed by atoms with Crippen LogP contribution < -0.4 is 5.73 Å². The van der Waals surface area contributed by atoms with Crippen molar-refractivity contribution in [2.45, 2.75) is 135 Å². The predicted octanol–water partition coefficient (Wildman–Crippen LogP) is 9.46. The molecule has 0 spiro atoms. The molecule has 0 radical (unpaired) electrons. The van der Waals surface area contributed by atoms with Gasteiger partial charge in [0.1, 0.15) is 6.61 Å². The predicted molar refractivity (Wildman–Crippen MR) is 211 cm³/mol. The third-order valence-electron chi connectivity index (χ3n) is 7.36. The smallest absolute Gasteiger partial charge is 0.462 e. The van der Waals surface area contributed by atoms with Gasteiger partial charge in [0, 0.05) is 19.4 Å². The lowest BCUT2D eigenvalue weighted by Gasteiger charge is -2.19. The first-order valence-electron chi connectivity index (χ1n) is 19.2. The number of phosphoric acid groups is 1. The molecular weight excluding hydrogens is 681 g/mol. The van der Waals surface area contributed by atoms with Crippen LogP contribution in [0.3, 0.4) is 0 Å². The summed E-state index contributed by atoms with van der Waals surface area (Å²) in [6, 6.07) is 0. The van der Waals surface area contributed by atoms with Crippen molar-refractivity contribution in [1.29, 1.82) is 0 Å². The zero-order valence-electron chi connectivity index (χ0n) is 31.9. The summed E-state index contributed by atoms with van der Waals surface area (Å²) in [4.78, 5) is 34.6. The van der Waals surface area contributed by atoms with E-state index in [1.165, 1.54) is 12.8 Å². The molecule has 0 saturated carbocycles. The van der Waals surface area contributed by atoms with Gasteiger partial charge in [-0.05, 0) is 64.2 Å². The Bertz CT molecular complexity index is 1140. The first-order chi connectivity index (χ1) is 25.2. The van der Waals surface area contributed by atoms with E-state index in [4.69, 9.17) is 24.3 Å². The lowest BCUT2D eigenvalue weighted by atomic mass is 10.1. The summed E-state index contributed by atoms with van der Waals surface area (Å²) in [6.07, 6.45) is 41.1. The normalized spacial score (nSPS) is 14.9. The summed E-state index contributed by atoms with van der Waals surface area (Å²) in [7, 11) is -4.40. The van der Waals surface area contributed by atoms with Crippen LogP contribution in [-0.4, -0.2) is 60.5 Å². The van der Waals surface area contributed by atoms with E-state index in [1.54, 1.807) is 6.08 Å². The van der Waals surface area contributed by atoms with Crippen LogP contribution in [0.5, 0.6) is 0 Å². The Labute approximate surface area is 314 Å². The number of phosphoric ester groups is 1. The number of aliphatic hydroxyl groups is 1. The molecule has 0 aliphatic rings. The molecule has 11 heteroatoms. The topological polar surface area (TPSA) is 155 Å². The van der Waals surface area contributed by atoms with Crippen LogP contribution in [0.25, 0.3) is 0 Å². The summed E-state index contributed by atoms with van der Waals surface area (Å²) in [6.45, 7) is 3.33. The Hall–Kier alpha value is -2.85. The highest BCUT2D eigenvalue weighted by Crippen LogP contribution is 2.43. The van der Waals surface area contributed by atoms with E-state index >= 15 is 0 Å². The van der Waals surface area contributed by atoms with E-state index < -0.39 is 38.6 Å². The largest absolute Gasteiger partial charge is 0.472 e. The molecule has 296 valence electrons. The van der Waals surface area contributed by atoms with Crippen molar-refractivity contribution in [2.24, 2.45) is 5.73 Å². The molecule has 0 aliphatic carbocycles. The monoisotopic (exact) mass is 749 g/mol. The van der Waals surface area contributed by atoms with Gasteiger partial charge in [0.05, 0.1) is 19.3 Å². The van der Waals surface area contributed by atoms with Gasteiger partial charge >= 0.3 is 19.8 Å². The summed E-state index contributed by atoms with van der Waals surface area (Å²) in [5.74, 6) is -0.971. The fourth-order valence-electron chi connectivity index (χ4n) is 4.49. The van der Waals surface area contributed by atoms with E-state index in [0.717, 1.165) is 64.2 Å². The van der Waals surface area contributed by atoms with Crippen molar-refractivity contribution < 1.29 is 42.7 Å². The lowest BCUT2D eigenvalue weighted by molar-refractivity contribution is -0.161. The Morgan fingerprint density at radius 3 is 2.02 bits per heavy atom. The molecule has 0 aromatic carbocycles. The van der Waals surface area contributed by atoms with Crippen molar-refractivity contribution in [3.05, 3.63) is 85.1 Å². The van der Waals surface area contributed by atoms with Gasteiger partial charge in [-0.3, -0.25) is 18.6 Å². The van der Waals surface area contributed by atoms with E-state index in [1.807, 2.05) is 42.5 Å². The number of carbonyl (C=O) groups excluding carboxylic acids is 2. The van der Waals surface area contributed by atoms with Gasteiger partial charge in [0.25, 0.3) is 0 Å². The first-order valence-corrected chi connectivity index (χ1v) is 20.7. The lowest BCUT2D eigenvalue weighted by Crippen LogP contribution is -2.29. The minimum atomic E-state index is -4.40. The van der Waals surface area contributed by atoms with E-state index in [-0.39, 0.29) is 32.6 Å². The van der Waals surface area contributed by atoms with Crippen molar-refractivity contribution in [1.82, 2.24) is 0 Å². The minimum absolute atomic E-state index is 0.0320. The van der Waals surface area contributed by atoms with Crippen molar-refractivity contribution in [3.63, 3.8) is 0 Å². The summed E-state index contributed by atoms with van der Waals surface area (Å²) in [5.41, 5.74) is 5.32. The summed E-state index contributed by atoms with van der Waals surface area (Å²) < 4.78 is 32.5. The molecule has 0 amide bonds. The second-order valence-electron chi connectivity index (χ2n) is 12.3. The number of nitrogens with two attached hydrogens (primary N) is 1. The maximum Gasteiger partial charge on any atom is 0.472 e.